The molecule has 0 aromatic heterocycles. The molecule has 2 N–H and O–H groups in total. The van der Waals surface area contributed by atoms with E-state index in [-0.39, 0.29) is 5.78 Å². The van der Waals surface area contributed by atoms with E-state index < -0.39 is 0 Å². The number of aryl methyl sites for hydroxylation is 1. The third-order valence-corrected chi connectivity index (χ3v) is 3.96. The van der Waals surface area contributed by atoms with Gasteiger partial charge in [-0.05, 0) is 50.1 Å². The number of ether oxygens (including phenoxy) is 1. The average Bonchev–Trinajstić information content (AvgIpc) is 2.45. The van der Waals surface area contributed by atoms with Crippen LogP contribution in [0.3, 0.4) is 0 Å². The topological polar surface area (TPSA) is 52.3 Å². The molecule has 0 fully saturated rings. The summed E-state index contributed by atoms with van der Waals surface area (Å²) in [5.74, 6) is 0.376. The van der Waals surface area contributed by atoms with Gasteiger partial charge in [-0.3, -0.25) is 4.79 Å². The Labute approximate surface area is 129 Å². The summed E-state index contributed by atoms with van der Waals surface area (Å²) in [5.41, 5.74) is 8.89. The molecule has 0 heterocycles. The average molecular weight is 304 g/mol. The fourth-order valence-corrected chi connectivity index (χ4v) is 2.46. The minimum atomic E-state index is -0.170. The van der Waals surface area contributed by atoms with Gasteiger partial charge in [0.05, 0.1) is 12.2 Å². The van der Waals surface area contributed by atoms with Gasteiger partial charge >= 0.3 is 0 Å². The maximum Gasteiger partial charge on any atom is 0.199 e. The van der Waals surface area contributed by atoms with E-state index in [2.05, 4.69) is 0 Å². The van der Waals surface area contributed by atoms with E-state index in [0.29, 0.717) is 39.8 Å². The van der Waals surface area contributed by atoms with Crippen molar-refractivity contribution in [2.24, 2.45) is 0 Å². The molecule has 0 aliphatic carbocycles. The molecule has 0 radical (unpaired) electrons. The number of anilines is 1. The number of carbonyl (C=O) groups is 1. The van der Waals surface area contributed by atoms with Crippen LogP contribution in [0.2, 0.25) is 5.02 Å². The molecule has 0 amide bonds. The minimum Gasteiger partial charge on any atom is -0.493 e. The zero-order valence-corrected chi connectivity index (χ0v) is 13.1. The number of nitrogens with two attached hydrogens (primary N) is 1. The molecule has 2 rings (SSSR count). The molecule has 2 aromatic carbocycles. The van der Waals surface area contributed by atoms with Gasteiger partial charge in [0.1, 0.15) is 5.75 Å². The van der Waals surface area contributed by atoms with Crippen molar-refractivity contribution in [3.05, 3.63) is 57.6 Å². The lowest BCUT2D eigenvalue weighted by Crippen LogP contribution is -2.10. The van der Waals surface area contributed by atoms with E-state index in [0.717, 1.165) is 5.56 Å². The molecular weight excluding hydrogens is 286 g/mol. The fourth-order valence-electron chi connectivity index (χ4n) is 2.31. The Balaban J connectivity index is 2.65. The Kier molecular flexibility index (Phi) is 4.53. The Morgan fingerprint density at radius 1 is 1.29 bits per heavy atom. The van der Waals surface area contributed by atoms with Crippen molar-refractivity contribution >= 4 is 23.1 Å². The standard InChI is InChI=1S/C17H18ClNO2/c1-4-21-14-9-10(2)16(18)11(3)15(14)17(20)12-7-5-6-8-13(12)19/h5-9H,4,19H2,1-3H3. The number of hydrogen-bond acceptors (Lipinski definition) is 3. The van der Waals surface area contributed by atoms with E-state index in [1.54, 1.807) is 30.3 Å². The van der Waals surface area contributed by atoms with Gasteiger partial charge in [-0.25, -0.2) is 0 Å². The van der Waals surface area contributed by atoms with E-state index in [9.17, 15) is 4.79 Å². The van der Waals surface area contributed by atoms with Gasteiger partial charge in [-0.1, -0.05) is 23.7 Å². The van der Waals surface area contributed by atoms with Crippen LogP contribution in [-0.4, -0.2) is 12.4 Å². The van der Waals surface area contributed by atoms with Crippen molar-refractivity contribution in [2.45, 2.75) is 20.8 Å². The monoisotopic (exact) mass is 303 g/mol. The summed E-state index contributed by atoms with van der Waals surface area (Å²) in [5, 5.41) is 0.580. The highest BCUT2D eigenvalue weighted by atomic mass is 35.5. The van der Waals surface area contributed by atoms with Gasteiger partial charge in [0, 0.05) is 16.3 Å². The molecule has 110 valence electrons. The molecule has 0 spiro atoms. The first kappa shape index (κ1) is 15.4. The van der Waals surface area contributed by atoms with E-state index in [1.165, 1.54) is 0 Å². The normalized spacial score (nSPS) is 10.5. The number of benzene rings is 2. The molecule has 0 unspecified atom stereocenters. The zero-order valence-electron chi connectivity index (χ0n) is 12.4. The second kappa shape index (κ2) is 6.19. The van der Waals surface area contributed by atoms with Crippen molar-refractivity contribution in [1.82, 2.24) is 0 Å². The second-order valence-corrected chi connectivity index (χ2v) is 5.23. The van der Waals surface area contributed by atoms with E-state index >= 15 is 0 Å². The highest BCUT2D eigenvalue weighted by molar-refractivity contribution is 6.33. The number of ketones is 1. The van der Waals surface area contributed by atoms with Crippen molar-refractivity contribution in [3.8, 4) is 5.75 Å². The van der Waals surface area contributed by atoms with Gasteiger partial charge in [-0.2, -0.15) is 0 Å². The molecule has 2 aromatic rings. The van der Waals surface area contributed by atoms with Crippen LogP contribution in [0.25, 0.3) is 0 Å². The number of para-hydroxylation sites is 1. The van der Waals surface area contributed by atoms with Crippen molar-refractivity contribution < 1.29 is 9.53 Å². The van der Waals surface area contributed by atoms with Crippen LogP contribution in [0.15, 0.2) is 30.3 Å². The lowest BCUT2D eigenvalue weighted by molar-refractivity contribution is 0.103. The molecule has 0 aliphatic rings. The Morgan fingerprint density at radius 2 is 1.95 bits per heavy atom. The zero-order chi connectivity index (χ0) is 15.6. The largest absolute Gasteiger partial charge is 0.493 e. The van der Waals surface area contributed by atoms with Crippen LogP contribution in [0.4, 0.5) is 5.69 Å². The summed E-state index contributed by atoms with van der Waals surface area (Å²) >= 11 is 6.29. The van der Waals surface area contributed by atoms with Crippen molar-refractivity contribution in [2.75, 3.05) is 12.3 Å². The van der Waals surface area contributed by atoms with Crippen LogP contribution in [0.5, 0.6) is 5.75 Å². The summed E-state index contributed by atoms with van der Waals surface area (Å²) in [4.78, 5) is 12.8. The van der Waals surface area contributed by atoms with Crippen LogP contribution in [0.1, 0.15) is 34.0 Å². The van der Waals surface area contributed by atoms with Gasteiger partial charge in [0.25, 0.3) is 0 Å². The van der Waals surface area contributed by atoms with Crippen molar-refractivity contribution in [3.63, 3.8) is 0 Å². The van der Waals surface area contributed by atoms with Crippen LogP contribution in [-0.2, 0) is 0 Å². The van der Waals surface area contributed by atoms with Crippen molar-refractivity contribution in [1.29, 1.82) is 0 Å². The summed E-state index contributed by atoms with van der Waals surface area (Å²) in [6.07, 6.45) is 0. The van der Waals surface area contributed by atoms with Gasteiger partial charge < -0.3 is 10.5 Å². The predicted octanol–water partition coefficient (Wildman–Crippen LogP) is 4.17. The first-order valence-electron chi connectivity index (χ1n) is 6.79. The third kappa shape index (κ3) is 2.88. The molecule has 0 atom stereocenters. The first-order chi connectivity index (χ1) is 9.97. The Hall–Kier alpha value is -2.00. The maximum atomic E-state index is 12.8. The third-order valence-electron chi connectivity index (χ3n) is 3.38. The molecule has 3 nitrogen and oxygen atoms in total. The maximum absolute atomic E-state index is 12.8. The molecule has 0 saturated carbocycles. The first-order valence-corrected chi connectivity index (χ1v) is 7.16. The minimum absolute atomic E-state index is 0.170. The van der Waals surface area contributed by atoms with Crippen LogP contribution < -0.4 is 10.5 Å². The Bertz CT molecular complexity index is 695. The predicted molar refractivity (Wildman–Crippen MR) is 86.4 cm³/mol. The quantitative estimate of drug-likeness (QED) is 0.681. The summed E-state index contributed by atoms with van der Waals surface area (Å²) in [6, 6.07) is 8.80. The van der Waals surface area contributed by atoms with Crippen LogP contribution in [0, 0.1) is 13.8 Å². The smallest absolute Gasteiger partial charge is 0.199 e. The van der Waals surface area contributed by atoms with Gasteiger partial charge in [0.2, 0.25) is 0 Å². The lowest BCUT2D eigenvalue weighted by atomic mass is 9.95. The molecule has 4 heteroatoms. The van der Waals surface area contributed by atoms with Crippen LogP contribution >= 0.6 is 11.6 Å². The second-order valence-electron chi connectivity index (χ2n) is 4.85. The fraction of sp³-hybridized carbons (Fsp3) is 0.235. The summed E-state index contributed by atoms with van der Waals surface area (Å²) in [7, 11) is 0. The number of nitrogen functional groups attached to an aromatic ring is 1. The van der Waals surface area contributed by atoms with E-state index in [1.807, 2.05) is 20.8 Å². The van der Waals surface area contributed by atoms with E-state index in [4.69, 9.17) is 22.1 Å². The highest BCUT2D eigenvalue weighted by Gasteiger charge is 2.22. The summed E-state index contributed by atoms with van der Waals surface area (Å²) < 4.78 is 5.62. The lowest BCUT2D eigenvalue weighted by Gasteiger charge is -2.16. The molecule has 0 aliphatic heterocycles. The highest BCUT2D eigenvalue weighted by Crippen LogP contribution is 2.34. The van der Waals surface area contributed by atoms with Gasteiger partial charge in [0.15, 0.2) is 5.78 Å². The molecule has 0 saturated heterocycles. The number of rotatable bonds is 4. The molecule has 0 bridgehead atoms. The summed E-state index contributed by atoms with van der Waals surface area (Å²) in [6.45, 7) is 6.07. The molecular formula is C17H18ClNO2. The number of carbonyl (C=O) groups excluding carboxylic acids is 1. The van der Waals surface area contributed by atoms with Gasteiger partial charge in [-0.15, -0.1) is 0 Å². The molecule has 21 heavy (non-hydrogen) atoms. The SMILES string of the molecule is CCOc1cc(C)c(Cl)c(C)c1C(=O)c1ccccc1N. The number of halogens is 1. The Morgan fingerprint density at radius 3 is 2.57 bits per heavy atom. The number of hydrogen-bond donors (Lipinski definition) is 1.